The van der Waals surface area contributed by atoms with Crippen LogP contribution in [0.3, 0.4) is 0 Å². The van der Waals surface area contributed by atoms with Crippen molar-refractivity contribution in [2.75, 3.05) is 13.2 Å². The Labute approximate surface area is 333 Å². The van der Waals surface area contributed by atoms with Crippen LogP contribution in [0.15, 0.2) is 60.7 Å². The monoisotopic (exact) mass is 819 g/mol. The first-order chi connectivity index (χ1) is 27.5. The van der Waals surface area contributed by atoms with Crippen LogP contribution in [0.1, 0.15) is 52.2 Å². The fourth-order valence-electron chi connectivity index (χ4n) is 6.60. The van der Waals surface area contributed by atoms with Crippen molar-refractivity contribution in [1.29, 1.82) is 0 Å². The van der Waals surface area contributed by atoms with E-state index in [1.165, 1.54) is 0 Å². The van der Waals surface area contributed by atoms with Gasteiger partial charge in [0, 0.05) is 34.6 Å². The van der Waals surface area contributed by atoms with Crippen molar-refractivity contribution in [1.82, 2.24) is 5.32 Å². The molecule has 0 spiro atoms. The number of benzene rings is 2. The number of carbonyl (C=O) groups is 6. The second kappa shape index (κ2) is 21.1. The van der Waals surface area contributed by atoms with E-state index in [1.54, 1.807) is 60.7 Å². The minimum Gasteiger partial charge on any atom is -0.477 e. The number of nitrogens with one attached hydrogen (secondary N) is 1. The fourth-order valence-corrected chi connectivity index (χ4v) is 6.60. The predicted octanol–water partition coefficient (Wildman–Crippen LogP) is 0.685. The predicted molar refractivity (Wildman–Crippen MR) is 194 cm³/mol. The van der Waals surface area contributed by atoms with Crippen molar-refractivity contribution in [2.45, 2.75) is 121 Å². The Morgan fingerprint density at radius 1 is 0.810 bits per heavy atom. The number of aliphatic hydroxyl groups is 2. The Balaban J connectivity index is 1.86. The summed E-state index contributed by atoms with van der Waals surface area (Å²) in [6.07, 6.45) is -15.6. The van der Waals surface area contributed by atoms with Gasteiger partial charge in [0.15, 0.2) is 18.5 Å². The minimum absolute atomic E-state index is 0.0713. The fraction of sp³-hybridized carbons (Fsp3) is 0.538. The quantitative estimate of drug-likeness (QED) is 0.119. The van der Waals surface area contributed by atoms with Gasteiger partial charge in [0.25, 0.3) is 5.79 Å². The number of aliphatic carboxylic acids is 1. The molecule has 0 radical (unpaired) electrons. The molecule has 2 heterocycles. The molecule has 4 N–H and O–H groups in total. The van der Waals surface area contributed by atoms with Gasteiger partial charge in [0.2, 0.25) is 5.91 Å². The van der Waals surface area contributed by atoms with E-state index in [0.29, 0.717) is 11.1 Å². The number of hydrogen-bond acceptors (Lipinski definition) is 17. The molecule has 11 atom stereocenters. The maximum Gasteiger partial charge on any atom is 0.364 e. The van der Waals surface area contributed by atoms with Gasteiger partial charge in [0.05, 0.1) is 32.3 Å². The number of amides is 1. The SMILES string of the molecule is CC(=O)N[C@H]1[C@H]([C@H](OC(C)=O)[C@@H](COC(C)=O)OC(C)=O)O[C@@](O[C@@H]2O[C@H](CO)[C@@H](O)[C@H](OCc3ccccc3)[C@H]2OCc2ccccc2)(C(=O)O)C[C@@H]1OC(C)=O. The average molecular weight is 820 g/mol. The third kappa shape index (κ3) is 12.5. The number of carbonyl (C=O) groups excluding carboxylic acids is 5. The normalized spacial score (nSPS) is 27.9. The summed E-state index contributed by atoms with van der Waals surface area (Å²) in [6.45, 7) is 3.41. The van der Waals surface area contributed by atoms with Crippen molar-refractivity contribution in [2.24, 2.45) is 0 Å². The molecule has 58 heavy (non-hydrogen) atoms. The summed E-state index contributed by atoms with van der Waals surface area (Å²) in [4.78, 5) is 75.6. The van der Waals surface area contributed by atoms with Crippen LogP contribution in [0, 0.1) is 0 Å². The lowest BCUT2D eigenvalue weighted by molar-refractivity contribution is -0.394. The number of ether oxygens (including phenoxy) is 9. The van der Waals surface area contributed by atoms with E-state index in [0.717, 1.165) is 34.6 Å². The molecule has 0 saturated carbocycles. The molecule has 2 aromatic rings. The summed E-state index contributed by atoms with van der Waals surface area (Å²) in [5, 5.41) is 35.3. The van der Waals surface area contributed by atoms with Crippen LogP contribution in [-0.2, 0) is 84.6 Å². The van der Waals surface area contributed by atoms with Crippen LogP contribution in [0.2, 0.25) is 0 Å². The lowest BCUT2D eigenvalue weighted by Gasteiger charge is -2.51. The van der Waals surface area contributed by atoms with Gasteiger partial charge in [-0.05, 0) is 11.1 Å². The molecule has 2 aromatic carbocycles. The number of esters is 4. The lowest BCUT2D eigenvalue weighted by atomic mass is 9.87. The number of carboxylic acids is 1. The largest absolute Gasteiger partial charge is 0.477 e. The molecule has 0 bridgehead atoms. The van der Waals surface area contributed by atoms with Crippen LogP contribution >= 0.6 is 0 Å². The van der Waals surface area contributed by atoms with Crippen LogP contribution in [-0.4, -0.2) is 131 Å². The minimum atomic E-state index is -2.95. The zero-order valence-corrected chi connectivity index (χ0v) is 32.5. The van der Waals surface area contributed by atoms with Crippen LogP contribution in [0.25, 0.3) is 0 Å². The molecular weight excluding hydrogens is 770 g/mol. The Morgan fingerprint density at radius 2 is 1.38 bits per heavy atom. The van der Waals surface area contributed by atoms with E-state index in [-0.39, 0.29) is 13.2 Å². The molecule has 2 saturated heterocycles. The van der Waals surface area contributed by atoms with Gasteiger partial charge < -0.3 is 63.3 Å². The zero-order chi connectivity index (χ0) is 42.6. The van der Waals surface area contributed by atoms with E-state index in [4.69, 9.17) is 42.6 Å². The number of carboxylic acid groups (broad SMARTS) is 1. The van der Waals surface area contributed by atoms with E-state index in [9.17, 15) is 44.1 Å². The van der Waals surface area contributed by atoms with Crippen LogP contribution < -0.4 is 5.32 Å². The van der Waals surface area contributed by atoms with Gasteiger partial charge in [-0.25, -0.2) is 4.79 Å². The molecular formula is C39H49NO18. The smallest absolute Gasteiger partial charge is 0.364 e. The highest BCUT2D eigenvalue weighted by Crippen LogP contribution is 2.40. The second-order valence-corrected chi connectivity index (χ2v) is 13.6. The molecule has 2 fully saturated rings. The lowest BCUT2D eigenvalue weighted by Crippen LogP contribution is -2.71. The first-order valence-corrected chi connectivity index (χ1v) is 18.3. The molecule has 318 valence electrons. The third-order valence-corrected chi connectivity index (χ3v) is 9.00. The van der Waals surface area contributed by atoms with Crippen molar-refractivity contribution in [3.63, 3.8) is 0 Å². The maximum atomic E-state index is 13.6. The number of rotatable bonds is 18. The maximum absolute atomic E-state index is 13.6. The van der Waals surface area contributed by atoms with Gasteiger partial charge in [-0.2, -0.15) is 0 Å². The van der Waals surface area contributed by atoms with Gasteiger partial charge in [-0.15, -0.1) is 0 Å². The summed E-state index contributed by atoms with van der Waals surface area (Å²) >= 11 is 0. The summed E-state index contributed by atoms with van der Waals surface area (Å²) in [7, 11) is 0. The number of aliphatic hydroxyl groups excluding tert-OH is 2. The molecule has 4 rings (SSSR count). The molecule has 0 aromatic heterocycles. The van der Waals surface area contributed by atoms with E-state index >= 15 is 0 Å². The Bertz CT molecular complexity index is 1710. The van der Waals surface area contributed by atoms with Crippen molar-refractivity contribution < 1.29 is 86.7 Å². The van der Waals surface area contributed by atoms with Crippen molar-refractivity contribution in [3.8, 4) is 0 Å². The molecule has 2 aliphatic rings. The second-order valence-electron chi connectivity index (χ2n) is 13.6. The average Bonchev–Trinajstić information content (AvgIpc) is 3.16. The van der Waals surface area contributed by atoms with Gasteiger partial charge in [-0.3, -0.25) is 24.0 Å². The third-order valence-electron chi connectivity index (χ3n) is 9.00. The Hall–Kier alpha value is -5.02. The van der Waals surface area contributed by atoms with Crippen LogP contribution in [0.4, 0.5) is 0 Å². The number of hydrogen-bond donors (Lipinski definition) is 4. The van der Waals surface area contributed by atoms with Crippen molar-refractivity contribution in [3.05, 3.63) is 71.8 Å². The van der Waals surface area contributed by atoms with E-state index < -0.39 is 122 Å². The zero-order valence-electron chi connectivity index (χ0n) is 32.5. The summed E-state index contributed by atoms with van der Waals surface area (Å²) in [5.74, 6) is -9.24. The molecule has 19 nitrogen and oxygen atoms in total. The first-order valence-electron chi connectivity index (χ1n) is 18.3. The molecule has 0 unspecified atom stereocenters. The van der Waals surface area contributed by atoms with Gasteiger partial charge >= 0.3 is 29.8 Å². The molecule has 1 amide bonds. The highest BCUT2D eigenvalue weighted by atomic mass is 16.8. The summed E-state index contributed by atoms with van der Waals surface area (Å²) < 4.78 is 52.5. The topological polar surface area (TPSA) is 258 Å². The summed E-state index contributed by atoms with van der Waals surface area (Å²) in [5.41, 5.74) is 1.35. The van der Waals surface area contributed by atoms with E-state index in [2.05, 4.69) is 5.32 Å². The van der Waals surface area contributed by atoms with Crippen LogP contribution in [0.5, 0.6) is 0 Å². The molecule has 19 heteroatoms. The molecule has 0 aliphatic carbocycles. The first kappa shape index (κ1) is 45.7. The van der Waals surface area contributed by atoms with Gasteiger partial charge in [-0.1, -0.05) is 60.7 Å². The highest BCUT2D eigenvalue weighted by molar-refractivity contribution is 5.77. The molecule has 2 aliphatic heterocycles. The van der Waals surface area contributed by atoms with E-state index in [1.807, 2.05) is 0 Å². The standard InChI is InChI=1S/C39H49NO18/c1-21(42)40-31-28(53-23(3)44)16-39(38(48)49,57-34(31)33(55-25(5)46)30(54-24(4)45)20-50-22(2)43)58-37-36(52-19-27-14-10-7-11-15-27)35(32(47)29(17-41)56-37)51-18-26-12-8-6-9-13-26/h6-15,28-37,41,47H,16-20H2,1-5H3,(H,40,42)(H,48,49)/t28-,29+,30+,31+,32+,33+,34+,35-,36+,37-,39-/m0/s1. The Kier molecular flexibility index (Phi) is 16.6. The Morgan fingerprint density at radius 3 is 1.86 bits per heavy atom. The summed E-state index contributed by atoms with van der Waals surface area (Å²) in [6, 6.07) is 16.1. The van der Waals surface area contributed by atoms with Gasteiger partial charge in [0.1, 0.15) is 43.2 Å². The highest BCUT2D eigenvalue weighted by Gasteiger charge is 2.61. The van der Waals surface area contributed by atoms with Crippen molar-refractivity contribution >= 4 is 35.8 Å².